The molecule has 6 heteroatoms. The number of rotatable bonds is 2. The van der Waals surface area contributed by atoms with E-state index < -0.39 is 66.8 Å². The molecule has 82 valence electrons. The maximum absolute atomic E-state index is 9.28. The maximum atomic E-state index is 9.28. The summed E-state index contributed by atoms with van der Waals surface area (Å²) < 4.78 is 102. The summed E-state index contributed by atoms with van der Waals surface area (Å²) in [6.45, 7) is -17.9. The molecule has 2 heterocycles. The van der Waals surface area contributed by atoms with E-state index in [4.69, 9.17) is 17.8 Å². The number of nitrogens with zero attached hydrogens (tertiary/aromatic N) is 2. The zero-order valence-electron chi connectivity index (χ0n) is 20.3. The second-order valence-electron chi connectivity index (χ2n) is 2.51. The molecular weight excluding hydrogens is 211 g/mol. The Morgan fingerprint density at radius 1 is 1.47 bits per heavy atom. The first-order valence-corrected chi connectivity index (χ1v) is 4.62. The molecule has 0 bridgehead atoms. The Balaban J connectivity index is 2.86. The van der Waals surface area contributed by atoms with E-state index >= 15 is 0 Å². The van der Waals surface area contributed by atoms with Gasteiger partial charge in [0.25, 0.3) is 0 Å². The van der Waals surface area contributed by atoms with Crippen LogP contribution in [0.2, 0.25) is 0 Å². The van der Waals surface area contributed by atoms with E-state index in [1.165, 1.54) is 0 Å². The zero-order valence-corrected chi connectivity index (χ0v) is 8.09. The van der Waals surface area contributed by atoms with Crippen LogP contribution in [0.4, 0.5) is 5.00 Å². The van der Waals surface area contributed by atoms with Gasteiger partial charge in [0.15, 0.2) is 0 Å². The summed E-state index contributed by atoms with van der Waals surface area (Å²) in [6, 6.07) is -1.68. The van der Waals surface area contributed by atoms with Gasteiger partial charge >= 0.3 is 7.12 Å². The van der Waals surface area contributed by atoms with Crippen LogP contribution < -0.4 is 9.68 Å². The van der Waals surface area contributed by atoms with E-state index in [0.717, 1.165) is 0 Å². The molecule has 0 spiro atoms. The Bertz CT molecular complexity index is 751. The molecule has 1 aliphatic heterocycles. The first-order valence-electron chi connectivity index (χ1n) is 10.3. The fraction of sp³-hybridized carbons (Fsp3) is 0.556. The third kappa shape index (κ3) is 2.52. The van der Waals surface area contributed by atoms with Crippen molar-refractivity contribution in [2.45, 2.75) is 0 Å². The summed E-state index contributed by atoms with van der Waals surface area (Å²) in [5.41, 5.74) is 0. The molecule has 4 nitrogen and oxygen atoms in total. The minimum absolute atomic E-state index is 0.0842. The Labute approximate surface area is 112 Å². The van der Waals surface area contributed by atoms with Crippen molar-refractivity contribution >= 4 is 28.2 Å². The van der Waals surface area contributed by atoms with Crippen LogP contribution in [0.1, 0.15) is 17.8 Å². The Kier molecular flexibility index (Phi) is 0.974. The van der Waals surface area contributed by atoms with Crippen molar-refractivity contribution in [3.8, 4) is 0 Å². The van der Waals surface area contributed by atoms with Gasteiger partial charge in [-0.15, -0.1) is 11.3 Å². The van der Waals surface area contributed by atoms with Crippen molar-refractivity contribution in [2.75, 3.05) is 37.9 Å². The molecule has 0 atom stereocenters. The lowest BCUT2D eigenvalue weighted by Gasteiger charge is -2.32. The quantitative estimate of drug-likeness (QED) is 0.662. The molecule has 0 unspecified atom stereocenters. The molecule has 1 aromatic rings. The van der Waals surface area contributed by atoms with E-state index in [0.29, 0.717) is 0 Å². The van der Waals surface area contributed by atoms with Crippen LogP contribution in [0.3, 0.4) is 0 Å². The van der Waals surface area contributed by atoms with Crippen LogP contribution in [0.25, 0.3) is 0 Å². The molecule has 0 saturated carbocycles. The van der Waals surface area contributed by atoms with Crippen molar-refractivity contribution in [1.82, 2.24) is 4.90 Å². The van der Waals surface area contributed by atoms with Gasteiger partial charge in [-0.25, -0.2) is 0 Å². The van der Waals surface area contributed by atoms with Crippen molar-refractivity contribution in [3.63, 3.8) is 0 Å². The Morgan fingerprint density at radius 2 is 2.20 bits per heavy atom. The average Bonchev–Trinajstić information content (AvgIpc) is 2.72. The van der Waals surface area contributed by atoms with Gasteiger partial charge in [0.2, 0.25) is 0 Å². The highest BCUT2D eigenvalue weighted by atomic mass is 32.1. The third-order valence-corrected chi connectivity index (χ3v) is 2.49. The predicted octanol–water partition coefficient (Wildman–Crippen LogP) is -0.820. The highest BCUT2D eigenvalue weighted by Gasteiger charge is 2.19. The van der Waals surface area contributed by atoms with E-state index in [1.54, 1.807) is 0 Å². The summed E-state index contributed by atoms with van der Waals surface area (Å²) in [7, 11) is -2.26. The minimum Gasteiger partial charge on any atom is -0.423 e. The first kappa shape index (κ1) is 3.23. The number of piperazine rings is 1. The third-order valence-electron chi connectivity index (χ3n) is 1.48. The number of thiophene rings is 1. The van der Waals surface area contributed by atoms with Gasteiger partial charge < -0.3 is 19.8 Å². The number of anilines is 1. The molecule has 0 aromatic carbocycles. The first-order chi connectivity index (χ1) is 12.2. The molecule has 0 amide bonds. The summed E-state index contributed by atoms with van der Waals surface area (Å²) in [4.78, 5) is -0.594. The smallest absolute Gasteiger partial charge is 0.423 e. The van der Waals surface area contributed by atoms with E-state index in [2.05, 4.69) is 0 Å². The number of hydrogen-bond donors (Lipinski definition) is 2. The van der Waals surface area contributed by atoms with Crippen molar-refractivity contribution in [1.29, 1.82) is 0 Å². The van der Waals surface area contributed by atoms with Crippen molar-refractivity contribution in [2.24, 2.45) is 0 Å². The van der Waals surface area contributed by atoms with Gasteiger partial charge in [-0.05, 0) is 19.1 Å². The van der Waals surface area contributed by atoms with Crippen molar-refractivity contribution < 1.29 is 27.9 Å². The number of hydrogen-bond acceptors (Lipinski definition) is 5. The second kappa shape index (κ2) is 4.53. The summed E-state index contributed by atoms with van der Waals surface area (Å²) in [6.07, 6.45) is 0. The normalized spacial score (nSPS) is 45.2. The van der Waals surface area contributed by atoms with E-state index in [9.17, 15) is 10.0 Å². The highest BCUT2D eigenvalue weighted by Crippen LogP contribution is 2.21. The minimum atomic E-state index is -3.62. The molecule has 2 N–H and O–H groups in total. The van der Waals surface area contributed by atoms with Gasteiger partial charge in [0.05, 0.1) is 13.2 Å². The summed E-state index contributed by atoms with van der Waals surface area (Å²) in [5, 5.41) is 17.8. The van der Waals surface area contributed by atoms with Crippen molar-refractivity contribution in [3.05, 3.63) is 12.1 Å². The van der Waals surface area contributed by atoms with Crippen LogP contribution >= 0.6 is 11.3 Å². The molecule has 1 aromatic heterocycles. The summed E-state index contributed by atoms with van der Waals surface area (Å²) in [5.74, 6) is 0. The fourth-order valence-electron chi connectivity index (χ4n) is 0.846. The monoisotopic (exact) mass is 239 g/mol. The molecule has 1 fully saturated rings. The van der Waals surface area contributed by atoms with Gasteiger partial charge in [-0.1, -0.05) is 0 Å². The maximum Gasteiger partial charge on any atom is 0.499 e. The van der Waals surface area contributed by atoms with Gasteiger partial charge in [0, 0.05) is 40.4 Å². The molecule has 2 rings (SSSR count). The average molecular weight is 239 g/mol. The van der Waals surface area contributed by atoms with Crippen LogP contribution in [0.5, 0.6) is 0 Å². The fourth-order valence-corrected chi connectivity index (χ4v) is 1.55. The lowest BCUT2D eigenvalue weighted by Crippen LogP contribution is -2.44. The molecule has 0 aliphatic carbocycles. The van der Waals surface area contributed by atoms with E-state index in [1.807, 2.05) is 0 Å². The Morgan fingerprint density at radius 3 is 2.73 bits per heavy atom. The molecule has 15 heavy (non-hydrogen) atoms. The highest BCUT2D eigenvalue weighted by molar-refractivity contribution is 7.25. The van der Waals surface area contributed by atoms with Gasteiger partial charge in [0.1, 0.15) is 0 Å². The molecule has 0 radical (unpaired) electrons. The van der Waals surface area contributed by atoms with Crippen LogP contribution in [-0.4, -0.2) is 55.0 Å². The van der Waals surface area contributed by atoms with Gasteiger partial charge in [-0.2, -0.15) is 0 Å². The molecule has 1 aliphatic rings. The number of likely N-dealkylation sites (N-methyl/N-ethyl adjacent to an activating group) is 1. The summed E-state index contributed by atoms with van der Waals surface area (Å²) >= 11 is 0.194. The predicted molar refractivity (Wildman–Crippen MR) is 63.9 cm³/mol. The standard InChI is InChI=1S/C9H15BN2O2S/c1-11-4-6-12(7-5-11)9-3-2-8(15-9)10(13)14/h2-3,13-14H,4-7H2,1H3/i1D3,2D,3D,4D2,5D2,6D2,7D2. The van der Waals surface area contributed by atoms with Crippen LogP contribution in [-0.2, 0) is 0 Å². The largest absolute Gasteiger partial charge is 0.499 e. The van der Waals surface area contributed by atoms with E-state index in [-0.39, 0.29) is 16.2 Å². The van der Waals surface area contributed by atoms with Gasteiger partial charge in [-0.3, -0.25) is 0 Å². The molecular formula is C9H15BN2O2S. The Hall–Kier alpha value is -0.555. The second-order valence-corrected chi connectivity index (χ2v) is 3.54. The SMILES string of the molecule is [2H]c1c(B(O)O)sc(N2C([2H])([2H])C([2H])([2H])N(C([2H])([2H])[2H])C([2H])([2H])C2([2H])[2H])c1[2H]. The lowest BCUT2D eigenvalue weighted by molar-refractivity contribution is 0.313. The zero-order chi connectivity index (χ0) is 22.2. The topological polar surface area (TPSA) is 46.9 Å². The van der Waals surface area contributed by atoms with Crippen LogP contribution in [0, 0.1) is 0 Å². The van der Waals surface area contributed by atoms with Crippen LogP contribution in [0.15, 0.2) is 12.1 Å². The molecule has 1 saturated heterocycles. The lowest BCUT2D eigenvalue weighted by atomic mass is 9.90.